The third-order valence-corrected chi connectivity index (χ3v) is 5.34. The van der Waals surface area contributed by atoms with Crippen LogP contribution in [0, 0.1) is 11.3 Å². The van der Waals surface area contributed by atoms with Crippen molar-refractivity contribution in [1.29, 1.82) is 5.26 Å². The number of carbonyl (C=O) groups is 1. The molecule has 2 aromatic rings. The van der Waals surface area contributed by atoms with E-state index in [-0.39, 0.29) is 24.0 Å². The minimum Gasteiger partial charge on any atom is -0.497 e. The molecule has 0 aliphatic carbocycles. The number of pyridine rings is 1. The number of nitrogens with one attached hydrogen (secondary N) is 2. The first-order chi connectivity index (χ1) is 14.4. The second kappa shape index (κ2) is 9.59. The van der Waals surface area contributed by atoms with Crippen molar-refractivity contribution in [3.05, 3.63) is 42.6 Å². The zero-order valence-electron chi connectivity index (χ0n) is 17.8. The zero-order valence-corrected chi connectivity index (χ0v) is 17.8. The van der Waals surface area contributed by atoms with Crippen LogP contribution in [0.3, 0.4) is 0 Å². The average molecular weight is 408 g/mol. The SMILES string of the molecule is COc1ccc(-c2ccc(NCC(C)(C)NCC(=O)N3CCCC3C#N)nc2)cc1. The summed E-state index contributed by atoms with van der Waals surface area (Å²) in [5.41, 5.74) is 1.80. The predicted molar refractivity (Wildman–Crippen MR) is 117 cm³/mol. The Hall–Kier alpha value is -3.11. The van der Waals surface area contributed by atoms with Gasteiger partial charge in [0.05, 0.1) is 19.7 Å². The predicted octanol–water partition coefficient (Wildman–Crippen LogP) is 3.05. The van der Waals surface area contributed by atoms with E-state index in [4.69, 9.17) is 10.00 Å². The maximum Gasteiger partial charge on any atom is 0.237 e. The van der Waals surface area contributed by atoms with Gasteiger partial charge >= 0.3 is 0 Å². The minimum atomic E-state index is -0.312. The molecule has 2 N–H and O–H groups in total. The highest BCUT2D eigenvalue weighted by Crippen LogP contribution is 2.22. The lowest BCUT2D eigenvalue weighted by atomic mass is 10.1. The fourth-order valence-electron chi connectivity index (χ4n) is 3.44. The largest absolute Gasteiger partial charge is 0.497 e. The van der Waals surface area contributed by atoms with Crippen LogP contribution < -0.4 is 15.4 Å². The van der Waals surface area contributed by atoms with Crippen molar-refractivity contribution >= 4 is 11.7 Å². The molecule has 7 heteroatoms. The molecule has 1 atom stereocenters. The van der Waals surface area contributed by atoms with Gasteiger partial charge < -0.3 is 20.3 Å². The van der Waals surface area contributed by atoms with Crippen LogP contribution in [0.1, 0.15) is 26.7 Å². The summed E-state index contributed by atoms with van der Waals surface area (Å²) in [6.07, 6.45) is 3.50. The van der Waals surface area contributed by atoms with E-state index in [1.54, 1.807) is 12.0 Å². The summed E-state index contributed by atoms with van der Waals surface area (Å²) in [5, 5.41) is 15.8. The molecule has 1 amide bonds. The van der Waals surface area contributed by atoms with Crippen molar-refractivity contribution in [3.63, 3.8) is 0 Å². The number of hydrogen-bond donors (Lipinski definition) is 2. The molecular formula is C23H29N5O2. The summed E-state index contributed by atoms with van der Waals surface area (Å²) in [6, 6.07) is 13.8. The van der Waals surface area contributed by atoms with Crippen molar-refractivity contribution < 1.29 is 9.53 Å². The number of aromatic nitrogens is 1. The van der Waals surface area contributed by atoms with Gasteiger partial charge in [0.2, 0.25) is 5.91 Å². The molecule has 30 heavy (non-hydrogen) atoms. The number of nitrogens with zero attached hydrogens (tertiary/aromatic N) is 3. The second-order valence-electron chi connectivity index (χ2n) is 8.13. The van der Waals surface area contributed by atoms with Gasteiger partial charge in [-0.15, -0.1) is 0 Å². The van der Waals surface area contributed by atoms with Crippen molar-refractivity contribution in [1.82, 2.24) is 15.2 Å². The number of rotatable bonds is 8. The molecule has 0 radical (unpaired) electrons. The molecule has 0 bridgehead atoms. The minimum absolute atomic E-state index is 0.0194. The van der Waals surface area contributed by atoms with Gasteiger partial charge in [0.25, 0.3) is 0 Å². The van der Waals surface area contributed by atoms with Gasteiger partial charge in [0.1, 0.15) is 17.6 Å². The van der Waals surface area contributed by atoms with E-state index in [2.05, 4.69) is 21.7 Å². The van der Waals surface area contributed by atoms with Gasteiger partial charge in [-0.05, 0) is 56.5 Å². The van der Waals surface area contributed by atoms with Crippen LogP contribution in [0.4, 0.5) is 5.82 Å². The van der Waals surface area contributed by atoms with Gasteiger partial charge in [-0.1, -0.05) is 12.1 Å². The van der Waals surface area contributed by atoms with Crippen LogP contribution in [0.25, 0.3) is 11.1 Å². The molecule has 1 aromatic carbocycles. The van der Waals surface area contributed by atoms with Gasteiger partial charge in [0.15, 0.2) is 0 Å². The Bertz CT molecular complexity index is 887. The number of hydrogen-bond acceptors (Lipinski definition) is 6. The van der Waals surface area contributed by atoms with Gasteiger partial charge in [-0.3, -0.25) is 4.79 Å². The molecule has 1 aliphatic rings. The molecule has 3 rings (SSSR count). The van der Waals surface area contributed by atoms with Crippen molar-refractivity contribution in [2.24, 2.45) is 0 Å². The molecule has 1 fully saturated rings. The second-order valence-corrected chi connectivity index (χ2v) is 8.13. The monoisotopic (exact) mass is 407 g/mol. The van der Waals surface area contributed by atoms with E-state index in [0.717, 1.165) is 35.5 Å². The van der Waals surface area contributed by atoms with Crippen LogP contribution in [-0.4, -0.2) is 54.1 Å². The Balaban J connectivity index is 1.50. The number of benzene rings is 1. The summed E-state index contributed by atoms with van der Waals surface area (Å²) in [6.45, 7) is 5.56. The summed E-state index contributed by atoms with van der Waals surface area (Å²) in [4.78, 5) is 18.6. The van der Waals surface area contributed by atoms with E-state index in [0.29, 0.717) is 13.1 Å². The summed E-state index contributed by atoms with van der Waals surface area (Å²) in [7, 11) is 1.65. The van der Waals surface area contributed by atoms with Gasteiger partial charge in [-0.2, -0.15) is 5.26 Å². The van der Waals surface area contributed by atoms with E-state index >= 15 is 0 Å². The van der Waals surface area contributed by atoms with E-state index in [1.165, 1.54) is 0 Å². The molecule has 2 heterocycles. The Labute approximate surface area is 178 Å². The highest BCUT2D eigenvalue weighted by molar-refractivity contribution is 5.79. The highest BCUT2D eigenvalue weighted by Gasteiger charge is 2.29. The van der Waals surface area contributed by atoms with Crippen molar-refractivity contribution in [3.8, 4) is 22.9 Å². The maximum atomic E-state index is 12.4. The fourth-order valence-corrected chi connectivity index (χ4v) is 3.44. The molecule has 1 unspecified atom stereocenters. The number of amides is 1. The number of methoxy groups -OCH3 is 1. The molecule has 7 nitrogen and oxygen atoms in total. The molecule has 158 valence electrons. The Kier molecular flexibility index (Phi) is 6.91. The first-order valence-electron chi connectivity index (χ1n) is 10.2. The van der Waals surface area contributed by atoms with E-state index in [9.17, 15) is 4.79 Å². The zero-order chi connectivity index (χ0) is 21.6. The maximum absolute atomic E-state index is 12.4. The summed E-state index contributed by atoms with van der Waals surface area (Å²) in [5.74, 6) is 1.58. The van der Waals surface area contributed by atoms with Crippen LogP contribution in [0.5, 0.6) is 5.75 Å². The Morgan fingerprint density at radius 1 is 1.27 bits per heavy atom. The highest BCUT2D eigenvalue weighted by atomic mass is 16.5. The van der Waals surface area contributed by atoms with Crippen molar-refractivity contribution in [2.45, 2.75) is 38.3 Å². The number of nitriles is 1. The third kappa shape index (κ3) is 5.49. The Morgan fingerprint density at radius 3 is 2.63 bits per heavy atom. The number of likely N-dealkylation sites (tertiary alicyclic amines) is 1. The number of ether oxygens (including phenoxy) is 1. The van der Waals surface area contributed by atoms with E-state index in [1.807, 2.05) is 56.4 Å². The lowest BCUT2D eigenvalue weighted by Crippen LogP contribution is -2.50. The van der Waals surface area contributed by atoms with Gasteiger partial charge in [-0.25, -0.2) is 4.98 Å². The van der Waals surface area contributed by atoms with Gasteiger partial charge in [0, 0.05) is 30.4 Å². The smallest absolute Gasteiger partial charge is 0.237 e. The topological polar surface area (TPSA) is 90.3 Å². The lowest BCUT2D eigenvalue weighted by molar-refractivity contribution is -0.130. The average Bonchev–Trinajstić information content (AvgIpc) is 3.26. The summed E-state index contributed by atoms with van der Waals surface area (Å²) < 4.78 is 5.19. The van der Waals surface area contributed by atoms with E-state index < -0.39 is 0 Å². The summed E-state index contributed by atoms with van der Waals surface area (Å²) >= 11 is 0. The first kappa shape index (κ1) is 21.6. The number of anilines is 1. The normalized spacial score (nSPS) is 16.2. The molecule has 1 aromatic heterocycles. The first-order valence-corrected chi connectivity index (χ1v) is 10.2. The molecule has 1 aliphatic heterocycles. The number of carbonyl (C=O) groups excluding carboxylic acids is 1. The standard InChI is InChI=1S/C23H29N5O2/c1-23(2,27-15-22(29)28-12-4-5-19(28)13-24)16-26-21-11-8-18(14-25-21)17-6-9-20(30-3)10-7-17/h6-11,14,19,27H,4-5,12,15-16H2,1-3H3,(H,25,26). The molecule has 0 spiro atoms. The molecule has 0 saturated carbocycles. The quantitative estimate of drug-likeness (QED) is 0.699. The molecular weight excluding hydrogens is 378 g/mol. The third-order valence-electron chi connectivity index (χ3n) is 5.34. The van der Waals surface area contributed by atoms with Crippen LogP contribution in [-0.2, 0) is 4.79 Å². The van der Waals surface area contributed by atoms with Crippen molar-refractivity contribution in [2.75, 3.05) is 32.1 Å². The fraction of sp³-hybridized carbons (Fsp3) is 0.435. The lowest BCUT2D eigenvalue weighted by Gasteiger charge is -2.28. The van der Waals surface area contributed by atoms with Crippen LogP contribution >= 0.6 is 0 Å². The Morgan fingerprint density at radius 2 is 2.00 bits per heavy atom. The molecule has 1 saturated heterocycles. The van der Waals surface area contributed by atoms with Crippen LogP contribution in [0.15, 0.2) is 42.6 Å². The van der Waals surface area contributed by atoms with Crippen LogP contribution in [0.2, 0.25) is 0 Å².